The Kier molecular flexibility index (Phi) is 7.82. The van der Waals surface area contributed by atoms with Gasteiger partial charge in [0, 0.05) is 11.1 Å². The van der Waals surface area contributed by atoms with Crippen LogP contribution in [0, 0.1) is 11.3 Å². The van der Waals surface area contributed by atoms with Gasteiger partial charge in [-0.3, -0.25) is 14.4 Å². The summed E-state index contributed by atoms with van der Waals surface area (Å²) in [6.07, 6.45) is 1.49. The number of nitrogens with zero attached hydrogens (tertiary/aromatic N) is 1. The van der Waals surface area contributed by atoms with E-state index in [9.17, 15) is 19.5 Å². The molecule has 0 heterocycles. The molecule has 1 atom stereocenters. The van der Waals surface area contributed by atoms with Gasteiger partial charge in [-0.25, -0.2) is 0 Å². The minimum absolute atomic E-state index is 0.121. The Labute approximate surface area is 191 Å². The molecule has 0 saturated heterocycles. The number of nitrogens with one attached hydrogen (secondary N) is 1. The van der Waals surface area contributed by atoms with E-state index in [2.05, 4.69) is 5.32 Å². The number of aliphatic hydroxyl groups is 1. The SMILES string of the molecule is N#CC(=O)NC(CO)COC(c1ccccc1)(c1ccc(C=O)cc1)c1ccc(C=O)cc1. The maximum atomic E-state index is 11.6. The molecule has 2 N–H and O–H groups in total. The summed E-state index contributed by atoms with van der Waals surface area (Å²) in [5.41, 5.74) is 1.93. The Hall–Kier alpha value is -4.12. The summed E-state index contributed by atoms with van der Waals surface area (Å²) in [6, 6.07) is 23.7. The number of benzene rings is 3. The minimum Gasteiger partial charge on any atom is -0.394 e. The number of hydrogen-bond acceptors (Lipinski definition) is 6. The highest BCUT2D eigenvalue weighted by Crippen LogP contribution is 2.40. The van der Waals surface area contributed by atoms with E-state index in [0.29, 0.717) is 22.3 Å². The normalized spacial score (nSPS) is 11.8. The van der Waals surface area contributed by atoms with Gasteiger partial charge in [0.25, 0.3) is 0 Å². The molecule has 0 radical (unpaired) electrons. The van der Waals surface area contributed by atoms with Crippen LogP contribution in [0.2, 0.25) is 0 Å². The second-order valence-electron chi connectivity index (χ2n) is 7.30. The number of amides is 1. The fraction of sp³-hybridized carbons (Fsp3) is 0.154. The molecule has 0 aliphatic rings. The topological polar surface area (TPSA) is 116 Å². The Morgan fingerprint density at radius 3 is 1.82 bits per heavy atom. The fourth-order valence-electron chi connectivity index (χ4n) is 3.60. The van der Waals surface area contributed by atoms with E-state index in [1.54, 1.807) is 48.5 Å². The lowest BCUT2D eigenvalue weighted by atomic mass is 9.79. The molecule has 33 heavy (non-hydrogen) atoms. The summed E-state index contributed by atoms with van der Waals surface area (Å²) in [4.78, 5) is 34.0. The molecule has 0 fully saturated rings. The molecular weight excluding hydrogens is 420 g/mol. The fourth-order valence-corrected chi connectivity index (χ4v) is 3.60. The van der Waals surface area contributed by atoms with Crippen LogP contribution in [-0.2, 0) is 15.1 Å². The molecule has 1 unspecified atom stereocenters. The zero-order chi connectivity index (χ0) is 23.7. The maximum Gasteiger partial charge on any atom is 0.322 e. The monoisotopic (exact) mass is 442 g/mol. The summed E-state index contributed by atoms with van der Waals surface area (Å²) in [5, 5.41) is 20.9. The number of aldehydes is 2. The quantitative estimate of drug-likeness (QED) is 0.283. The second kappa shape index (κ2) is 11.0. The van der Waals surface area contributed by atoms with Crippen LogP contribution in [-0.4, -0.2) is 42.8 Å². The van der Waals surface area contributed by atoms with Crippen molar-refractivity contribution in [2.45, 2.75) is 11.6 Å². The minimum atomic E-state index is -1.20. The summed E-state index contributed by atoms with van der Waals surface area (Å²) in [7, 11) is 0. The van der Waals surface area contributed by atoms with Gasteiger partial charge >= 0.3 is 5.91 Å². The van der Waals surface area contributed by atoms with Crippen molar-refractivity contribution in [3.63, 3.8) is 0 Å². The molecule has 0 aliphatic heterocycles. The molecule has 0 aromatic heterocycles. The third-order valence-corrected chi connectivity index (χ3v) is 5.25. The van der Waals surface area contributed by atoms with Crippen molar-refractivity contribution >= 4 is 18.5 Å². The Morgan fingerprint density at radius 1 is 0.909 bits per heavy atom. The summed E-state index contributed by atoms with van der Waals surface area (Å²) >= 11 is 0. The highest BCUT2D eigenvalue weighted by Gasteiger charge is 2.38. The molecule has 1 amide bonds. The lowest BCUT2D eigenvalue weighted by Gasteiger charge is -2.37. The number of aliphatic hydroxyl groups excluding tert-OH is 1. The van der Waals surface area contributed by atoms with Gasteiger partial charge in [0.2, 0.25) is 0 Å². The first-order valence-electron chi connectivity index (χ1n) is 10.2. The lowest BCUT2D eigenvalue weighted by Crippen LogP contribution is -2.44. The molecule has 0 aliphatic carbocycles. The third-order valence-electron chi connectivity index (χ3n) is 5.25. The van der Waals surface area contributed by atoms with Crippen LogP contribution >= 0.6 is 0 Å². The molecule has 0 saturated carbocycles. The van der Waals surface area contributed by atoms with Crippen LogP contribution in [0.3, 0.4) is 0 Å². The van der Waals surface area contributed by atoms with Crippen molar-refractivity contribution in [3.05, 3.63) is 107 Å². The van der Waals surface area contributed by atoms with E-state index in [1.165, 1.54) is 6.07 Å². The number of hydrogen-bond donors (Lipinski definition) is 2. The molecule has 3 rings (SSSR count). The number of carbonyl (C=O) groups is 3. The highest BCUT2D eigenvalue weighted by molar-refractivity contribution is 5.91. The predicted octanol–water partition coefficient (Wildman–Crippen LogP) is 2.62. The van der Waals surface area contributed by atoms with Crippen LogP contribution in [0.4, 0.5) is 0 Å². The smallest absolute Gasteiger partial charge is 0.322 e. The van der Waals surface area contributed by atoms with E-state index in [4.69, 9.17) is 10.00 Å². The Morgan fingerprint density at radius 2 is 1.39 bits per heavy atom. The third kappa shape index (κ3) is 5.21. The van der Waals surface area contributed by atoms with Crippen molar-refractivity contribution in [2.75, 3.05) is 13.2 Å². The van der Waals surface area contributed by atoms with Gasteiger partial charge in [0.15, 0.2) is 6.07 Å². The molecule has 3 aromatic rings. The Bertz CT molecular complexity index is 1080. The van der Waals surface area contributed by atoms with Crippen LogP contribution < -0.4 is 5.32 Å². The van der Waals surface area contributed by atoms with Gasteiger partial charge in [-0.1, -0.05) is 78.9 Å². The van der Waals surface area contributed by atoms with Crippen LogP contribution in [0.1, 0.15) is 37.4 Å². The predicted molar refractivity (Wildman–Crippen MR) is 121 cm³/mol. The van der Waals surface area contributed by atoms with Gasteiger partial charge in [-0.15, -0.1) is 0 Å². The van der Waals surface area contributed by atoms with Gasteiger partial charge in [0.05, 0.1) is 19.3 Å². The van der Waals surface area contributed by atoms with Gasteiger partial charge in [0.1, 0.15) is 18.2 Å². The van der Waals surface area contributed by atoms with Crippen molar-refractivity contribution in [2.24, 2.45) is 0 Å². The Balaban J connectivity index is 2.17. The summed E-state index contributed by atoms with van der Waals surface area (Å²) < 4.78 is 6.47. The molecule has 0 spiro atoms. The van der Waals surface area contributed by atoms with Crippen molar-refractivity contribution in [3.8, 4) is 6.07 Å². The summed E-state index contributed by atoms with van der Waals surface area (Å²) in [6.45, 7) is -0.559. The van der Waals surface area contributed by atoms with E-state index >= 15 is 0 Å². The molecule has 3 aromatic carbocycles. The first kappa shape index (κ1) is 23.5. The zero-order valence-corrected chi connectivity index (χ0v) is 17.7. The molecule has 166 valence electrons. The average molecular weight is 442 g/mol. The van der Waals surface area contributed by atoms with Gasteiger partial charge in [-0.2, -0.15) is 5.26 Å². The van der Waals surface area contributed by atoms with Gasteiger partial charge < -0.3 is 15.2 Å². The standard InChI is InChI=1S/C26H22N2O5/c27-14-25(32)28-24(17-31)18-33-26(21-4-2-1-3-5-21,22-10-6-19(15-29)7-11-22)23-12-8-20(16-30)9-13-23/h1-13,15-16,24,31H,17-18H2,(H,28,32). The van der Waals surface area contributed by atoms with Crippen LogP contribution in [0.25, 0.3) is 0 Å². The molecular formula is C26H22N2O5. The summed E-state index contributed by atoms with van der Waals surface area (Å²) in [5.74, 6) is -0.881. The first-order valence-corrected chi connectivity index (χ1v) is 10.2. The molecule has 0 bridgehead atoms. The van der Waals surface area contributed by atoms with Crippen molar-refractivity contribution < 1.29 is 24.2 Å². The number of carbonyl (C=O) groups excluding carboxylic acids is 3. The zero-order valence-electron chi connectivity index (χ0n) is 17.7. The highest BCUT2D eigenvalue weighted by atomic mass is 16.5. The lowest BCUT2D eigenvalue weighted by molar-refractivity contribution is -0.117. The molecule has 7 nitrogen and oxygen atoms in total. The average Bonchev–Trinajstić information content (AvgIpc) is 2.89. The van der Waals surface area contributed by atoms with Crippen LogP contribution in [0.5, 0.6) is 0 Å². The van der Waals surface area contributed by atoms with Crippen molar-refractivity contribution in [1.29, 1.82) is 5.26 Å². The van der Waals surface area contributed by atoms with Crippen molar-refractivity contribution in [1.82, 2.24) is 5.32 Å². The van der Waals surface area contributed by atoms with E-state index in [-0.39, 0.29) is 6.61 Å². The second-order valence-corrected chi connectivity index (χ2v) is 7.30. The van der Waals surface area contributed by atoms with Gasteiger partial charge in [-0.05, 0) is 16.7 Å². The number of rotatable bonds is 10. The first-order chi connectivity index (χ1) is 16.1. The number of nitriles is 1. The maximum absolute atomic E-state index is 11.6. The van der Waals surface area contributed by atoms with E-state index in [1.807, 2.05) is 30.3 Å². The molecule has 7 heteroatoms. The van der Waals surface area contributed by atoms with E-state index in [0.717, 1.165) is 18.1 Å². The van der Waals surface area contributed by atoms with E-state index < -0.39 is 24.2 Å². The largest absolute Gasteiger partial charge is 0.394 e. The number of ether oxygens (including phenoxy) is 1. The van der Waals surface area contributed by atoms with Crippen LogP contribution in [0.15, 0.2) is 78.9 Å².